The van der Waals surface area contributed by atoms with Crippen molar-refractivity contribution in [3.05, 3.63) is 82.2 Å². The predicted molar refractivity (Wildman–Crippen MR) is 122 cm³/mol. The molecule has 0 bridgehead atoms. The Kier molecular flexibility index (Phi) is 6.69. The minimum Gasteiger partial charge on any atom is -0.451 e. The molecule has 8 nitrogen and oxygen atoms in total. The topological polar surface area (TPSA) is 99.9 Å². The van der Waals surface area contributed by atoms with Gasteiger partial charge in [-0.1, -0.05) is 42.5 Å². The van der Waals surface area contributed by atoms with E-state index in [4.69, 9.17) is 4.42 Å². The van der Waals surface area contributed by atoms with Gasteiger partial charge in [0.05, 0.1) is 11.1 Å². The molecule has 0 unspecified atom stereocenters. The minimum atomic E-state index is -3.50. The SMILES string of the molecule is O=C(NCCS(=O)(=O)N1CCN(Cc2ccccc2)CC1)c1cc(=O)c2ccccc2o1. The summed E-state index contributed by atoms with van der Waals surface area (Å²) in [5, 5.41) is 2.93. The fourth-order valence-electron chi connectivity index (χ4n) is 3.73. The smallest absolute Gasteiger partial charge is 0.287 e. The third-order valence-corrected chi connectivity index (χ3v) is 7.35. The summed E-state index contributed by atoms with van der Waals surface area (Å²) < 4.78 is 32.3. The van der Waals surface area contributed by atoms with Crippen LogP contribution in [0.3, 0.4) is 0 Å². The molecule has 1 aliphatic heterocycles. The number of carbonyl (C=O) groups is 1. The highest BCUT2D eigenvalue weighted by Crippen LogP contribution is 2.13. The zero-order valence-electron chi connectivity index (χ0n) is 17.6. The number of sulfonamides is 1. The first-order valence-electron chi connectivity index (χ1n) is 10.5. The molecule has 32 heavy (non-hydrogen) atoms. The minimum absolute atomic E-state index is 0.0675. The molecule has 1 saturated heterocycles. The maximum absolute atomic E-state index is 12.7. The molecular formula is C23H25N3O5S. The van der Waals surface area contributed by atoms with Crippen molar-refractivity contribution in [3.63, 3.8) is 0 Å². The van der Waals surface area contributed by atoms with E-state index < -0.39 is 15.9 Å². The van der Waals surface area contributed by atoms with Crippen molar-refractivity contribution in [1.29, 1.82) is 0 Å². The standard InChI is InChI=1S/C23H25N3O5S/c27-20-16-22(31-21-9-5-4-8-19(20)21)23(28)24-10-15-32(29,30)26-13-11-25(12-14-26)17-18-6-2-1-3-7-18/h1-9,16H,10-15,17H2,(H,24,28). The van der Waals surface area contributed by atoms with E-state index >= 15 is 0 Å². The Morgan fingerprint density at radius 2 is 1.66 bits per heavy atom. The van der Waals surface area contributed by atoms with Crippen molar-refractivity contribution in [2.75, 3.05) is 38.5 Å². The Bertz CT molecular complexity index is 1250. The number of hydrogen-bond acceptors (Lipinski definition) is 6. The Labute approximate surface area is 186 Å². The van der Waals surface area contributed by atoms with Crippen LogP contribution in [0, 0.1) is 0 Å². The van der Waals surface area contributed by atoms with Crippen LogP contribution < -0.4 is 10.7 Å². The van der Waals surface area contributed by atoms with Crippen LogP contribution in [0.15, 0.2) is 69.9 Å². The van der Waals surface area contributed by atoms with Crippen LogP contribution in [0.5, 0.6) is 0 Å². The van der Waals surface area contributed by atoms with E-state index in [9.17, 15) is 18.0 Å². The lowest BCUT2D eigenvalue weighted by Gasteiger charge is -2.34. The van der Waals surface area contributed by atoms with E-state index in [1.165, 1.54) is 9.87 Å². The molecule has 1 fully saturated rings. The summed E-state index contributed by atoms with van der Waals surface area (Å²) in [5.74, 6) is -0.966. The normalized spacial score (nSPS) is 15.6. The van der Waals surface area contributed by atoms with Gasteiger partial charge in [0.2, 0.25) is 10.0 Å². The molecule has 1 aliphatic rings. The first-order valence-corrected chi connectivity index (χ1v) is 12.1. The van der Waals surface area contributed by atoms with Gasteiger partial charge in [0.15, 0.2) is 11.2 Å². The Hall–Kier alpha value is -3.01. The summed E-state index contributed by atoms with van der Waals surface area (Å²) in [4.78, 5) is 26.7. The van der Waals surface area contributed by atoms with Crippen LogP contribution in [0.4, 0.5) is 0 Å². The van der Waals surface area contributed by atoms with Crippen LogP contribution in [-0.4, -0.2) is 62.0 Å². The molecule has 168 valence electrons. The van der Waals surface area contributed by atoms with Crippen LogP contribution >= 0.6 is 0 Å². The second kappa shape index (κ2) is 9.64. The number of para-hydroxylation sites is 1. The summed E-state index contributed by atoms with van der Waals surface area (Å²) >= 11 is 0. The van der Waals surface area contributed by atoms with Gasteiger partial charge >= 0.3 is 0 Å². The summed E-state index contributed by atoms with van der Waals surface area (Å²) in [7, 11) is -3.50. The monoisotopic (exact) mass is 455 g/mol. The molecule has 9 heteroatoms. The van der Waals surface area contributed by atoms with Crippen LogP contribution in [0.2, 0.25) is 0 Å². The van der Waals surface area contributed by atoms with Crippen molar-refractivity contribution >= 4 is 26.9 Å². The highest BCUT2D eigenvalue weighted by Gasteiger charge is 2.27. The quantitative estimate of drug-likeness (QED) is 0.582. The summed E-state index contributed by atoms with van der Waals surface area (Å²) in [6.45, 7) is 2.88. The van der Waals surface area contributed by atoms with Crippen molar-refractivity contribution in [2.24, 2.45) is 0 Å². The molecule has 4 rings (SSSR count). The second-order valence-corrected chi connectivity index (χ2v) is 9.79. The number of fused-ring (bicyclic) bond motifs is 1. The molecule has 1 N–H and O–H groups in total. The van der Waals surface area contributed by atoms with Gasteiger partial charge in [-0.25, -0.2) is 8.42 Å². The van der Waals surface area contributed by atoms with E-state index in [0.717, 1.165) is 12.6 Å². The molecule has 0 radical (unpaired) electrons. The van der Waals surface area contributed by atoms with Crippen molar-refractivity contribution in [2.45, 2.75) is 6.54 Å². The number of piperazine rings is 1. The molecule has 2 heterocycles. The number of nitrogens with one attached hydrogen (secondary N) is 1. The van der Waals surface area contributed by atoms with E-state index in [-0.39, 0.29) is 23.5 Å². The number of nitrogens with zero attached hydrogens (tertiary/aromatic N) is 2. The van der Waals surface area contributed by atoms with Crippen molar-refractivity contribution < 1.29 is 17.6 Å². The maximum atomic E-state index is 12.7. The molecule has 1 amide bonds. The Balaban J connectivity index is 1.28. The fraction of sp³-hybridized carbons (Fsp3) is 0.304. The number of carbonyl (C=O) groups excluding carboxylic acids is 1. The number of hydrogen-bond donors (Lipinski definition) is 1. The number of rotatable bonds is 7. The molecule has 0 saturated carbocycles. The van der Waals surface area contributed by atoms with Crippen molar-refractivity contribution in [1.82, 2.24) is 14.5 Å². The van der Waals surface area contributed by atoms with Gasteiger partial charge in [-0.2, -0.15) is 4.31 Å². The molecular weight excluding hydrogens is 430 g/mol. The number of amides is 1. The first-order chi connectivity index (χ1) is 15.4. The largest absolute Gasteiger partial charge is 0.451 e. The van der Waals surface area contributed by atoms with Crippen LogP contribution in [-0.2, 0) is 16.6 Å². The second-order valence-electron chi connectivity index (χ2n) is 7.70. The van der Waals surface area contributed by atoms with Gasteiger partial charge in [-0.05, 0) is 17.7 Å². The Morgan fingerprint density at radius 3 is 2.41 bits per heavy atom. The van der Waals surface area contributed by atoms with Gasteiger partial charge in [0.25, 0.3) is 5.91 Å². The highest BCUT2D eigenvalue weighted by molar-refractivity contribution is 7.89. The highest BCUT2D eigenvalue weighted by atomic mass is 32.2. The molecule has 0 atom stereocenters. The van der Waals surface area contributed by atoms with Crippen LogP contribution in [0.1, 0.15) is 16.1 Å². The van der Waals surface area contributed by atoms with E-state index in [0.29, 0.717) is 37.1 Å². The summed E-state index contributed by atoms with van der Waals surface area (Å²) in [6, 6.07) is 17.8. The van der Waals surface area contributed by atoms with Gasteiger partial charge in [-0.3, -0.25) is 14.5 Å². The maximum Gasteiger partial charge on any atom is 0.287 e. The lowest BCUT2D eigenvalue weighted by molar-refractivity contribution is 0.0929. The Morgan fingerprint density at radius 1 is 0.969 bits per heavy atom. The molecule has 0 spiro atoms. The third kappa shape index (κ3) is 5.24. The zero-order chi connectivity index (χ0) is 22.6. The van der Waals surface area contributed by atoms with Crippen LogP contribution in [0.25, 0.3) is 11.0 Å². The van der Waals surface area contributed by atoms with Gasteiger partial charge in [0, 0.05) is 45.3 Å². The fourth-order valence-corrected chi connectivity index (χ4v) is 5.07. The van der Waals surface area contributed by atoms with E-state index in [1.54, 1.807) is 24.3 Å². The van der Waals surface area contributed by atoms with Gasteiger partial charge in [-0.15, -0.1) is 0 Å². The zero-order valence-corrected chi connectivity index (χ0v) is 18.4. The molecule has 0 aliphatic carbocycles. The number of benzene rings is 2. The molecule has 2 aromatic carbocycles. The lowest BCUT2D eigenvalue weighted by Crippen LogP contribution is -2.49. The van der Waals surface area contributed by atoms with Gasteiger partial charge < -0.3 is 9.73 Å². The summed E-state index contributed by atoms with van der Waals surface area (Å²) in [5.41, 5.74) is 1.19. The van der Waals surface area contributed by atoms with E-state index in [2.05, 4.69) is 22.3 Å². The summed E-state index contributed by atoms with van der Waals surface area (Å²) in [6.07, 6.45) is 0. The van der Waals surface area contributed by atoms with E-state index in [1.807, 2.05) is 18.2 Å². The predicted octanol–water partition coefficient (Wildman–Crippen LogP) is 1.67. The molecule has 3 aromatic rings. The van der Waals surface area contributed by atoms with Gasteiger partial charge in [0.1, 0.15) is 5.58 Å². The first kappa shape index (κ1) is 22.2. The third-order valence-electron chi connectivity index (χ3n) is 5.48. The van der Waals surface area contributed by atoms with Crippen molar-refractivity contribution in [3.8, 4) is 0 Å². The molecule has 1 aromatic heterocycles. The average molecular weight is 456 g/mol. The average Bonchev–Trinajstić information content (AvgIpc) is 2.80. The lowest BCUT2D eigenvalue weighted by atomic mass is 10.2.